The van der Waals surface area contributed by atoms with E-state index in [1.54, 1.807) is 6.07 Å². The van der Waals surface area contributed by atoms with Crippen molar-refractivity contribution in [3.63, 3.8) is 0 Å². The van der Waals surface area contributed by atoms with Gasteiger partial charge in [-0.2, -0.15) is 0 Å². The minimum atomic E-state index is -0.0123. The molecule has 0 spiro atoms. The highest BCUT2D eigenvalue weighted by molar-refractivity contribution is 6.30. The Balaban J connectivity index is 1.37. The molecule has 0 fully saturated rings. The van der Waals surface area contributed by atoms with E-state index in [2.05, 4.69) is 10.6 Å². The lowest BCUT2D eigenvalue weighted by Crippen LogP contribution is -2.23. The monoisotopic (exact) mass is 372 g/mol. The molecule has 26 heavy (non-hydrogen) atoms. The molecule has 0 aliphatic carbocycles. The van der Waals surface area contributed by atoms with Crippen LogP contribution in [0.25, 0.3) is 0 Å². The molecule has 2 amide bonds. The third kappa shape index (κ3) is 5.23. The van der Waals surface area contributed by atoms with E-state index < -0.39 is 0 Å². The number of fused-ring (bicyclic) bond motifs is 1. The summed E-state index contributed by atoms with van der Waals surface area (Å²) < 4.78 is 5.72. The number of hydrogen-bond acceptors (Lipinski definition) is 3. The Morgan fingerprint density at radius 3 is 2.92 bits per heavy atom. The van der Waals surface area contributed by atoms with Crippen LogP contribution in [0.4, 0.5) is 5.69 Å². The van der Waals surface area contributed by atoms with Crippen molar-refractivity contribution in [1.29, 1.82) is 0 Å². The largest absolute Gasteiger partial charge is 0.494 e. The number of hydrogen-bond donors (Lipinski definition) is 2. The molecule has 0 saturated carbocycles. The fourth-order valence-electron chi connectivity index (χ4n) is 2.81. The fraction of sp³-hybridized carbons (Fsp3) is 0.300. The second-order valence-electron chi connectivity index (χ2n) is 6.23. The molecule has 3 rings (SSSR count). The molecule has 0 bridgehead atoms. The quantitative estimate of drug-likeness (QED) is 0.728. The number of rotatable bonds is 7. The third-order valence-corrected chi connectivity index (χ3v) is 4.40. The second kappa shape index (κ2) is 8.72. The van der Waals surface area contributed by atoms with E-state index in [4.69, 9.17) is 16.3 Å². The van der Waals surface area contributed by atoms with Gasteiger partial charge in [-0.05, 0) is 54.3 Å². The molecule has 1 heterocycles. The van der Waals surface area contributed by atoms with E-state index in [1.807, 2.05) is 36.4 Å². The average Bonchev–Trinajstić information content (AvgIpc) is 2.63. The zero-order valence-corrected chi connectivity index (χ0v) is 15.1. The summed E-state index contributed by atoms with van der Waals surface area (Å²) in [6, 6.07) is 13.1. The van der Waals surface area contributed by atoms with E-state index in [9.17, 15) is 9.59 Å². The first-order valence-corrected chi connectivity index (χ1v) is 9.05. The van der Waals surface area contributed by atoms with Gasteiger partial charge in [0.05, 0.1) is 6.61 Å². The molecule has 2 N–H and O–H groups in total. The fourth-order valence-corrected chi connectivity index (χ4v) is 3.02. The first kappa shape index (κ1) is 18.3. The minimum absolute atomic E-state index is 0.0123. The predicted molar refractivity (Wildman–Crippen MR) is 101 cm³/mol. The van der Waals surface area contributed by atoms with Gasteiger partial charge in [0.15, 0.2) is 0 Å². The summed E-state index contributed by atoms with van der Waals surface area (Å²) in [5.41, 5.74) is 2.92. The molecule has 2 aromatic carbocycles. The summed E-state index contributed by atoms with van der Waals surface area (Å²) in [7, 11) is 0. The Morgan fingerprint density at radius 1 is 1.19 bits per heavy atom. The van der Waals surface area contributed by atoms with Gasteiger partial charge in [0, 0.05) is 30.1 Å². The summed E-state index contributed by atoms with van der Waals surface area (Å²) in [5.74, 6) is 0.802. The van der Waals surface area contributed by atoms with Crippen LogP contribution in [0.5, 0.6) is 5.75 Å². The molecule has 0 unspecified atom stereocenters. The molecule has 0 saturated heterocycles. The summed E-state index contributed by atoms with van der Waals surface area (Å²) in [6.45, 7) is 0.937. The Labute approximate surface area is 157 Å². The highest BCUT2D eigenvalue weighted by atomic mass is 35.5. The van der Waals surface area contributed by atoms with Crippen molar-refractivity contribution in [2.75, 3.05) is 11.9 Å². The first-order valence-electron chi connectivity index (χ1n) is 8.67. The molecule has 0 atom stereocenters. The number of benzene rings is 2. The van der Waals surface area contributed by atoms with Gasteiger partial charge in [-0.25, -0.2) is 0 Å². The van der Waals surface area contributed by atoms with Crippen molar-refractivity contribution >= 4 is 29.1 Å². The maximum atomic E-state index is 11.9. The highest BCUT2D eigenvalue weighted by Crippen LogP contribution is 2.26. The summed E-state index contributed by atoms with van der Waals surface area (Å²) in [6.07, 6.45) is 2.27. The Hall–Kier alpha value is -2.53. The second-order valence-corrected chi connectivity index (χ2v) is 6.66. The Kier molecular flexibility index (Phi) is 6.12. The van der Waals surface area contributed by atoms with Gasteiger partial charge in [-0.15, -0.1) is 0 Å². The van der Waals surface area contributed by atoms with E-state index in [1.165, 1.54) is 0 Å². The zero-order valence-electron chi connectivity index (χ0n) is 14.4. The van der Waals surface area contributed by atoms with Crippen molar-refractivity contribution in [3.05, 3.63) is 58.6 Å². The third-order valence-electron chi connectivity index (χ3n) is 4.17. The van der Waals surface area contributed by atoms with Crippen molar-refractivity contribution in [2.45, 2.75) is 32.2 Å². The Morgan fingerprint density at radius 2 is 2.08 bits per heavy atom. The normalized spacial score (nSPS) is 12.9. The van der Waals surface area contributed by atoms with Crippen LogP contribution >= 0.6 is 11.6 Å². The van der Waals surface area contributed by atoms with Crippen LogP contribution in [-0.4, -0.2) is 18.4 Å². The van der Waals surface area contributed by atoms with Crippen molar-refractivity contribution in [3.8, 4) is 5.75 Å². The number of anilines is 1. The van der Waals surface area contributed by atoms with E-state index in [0.29, 0.717) is 37.4 Å². The molecule has 136 valence electrons. The molecule has 2 aromatic rings. The van der Waals surface area contributed by atoms with Gasteiger partial charge in [-0.3, -0.25) is 9.59 Å². The number of halogens is 1. The van der Waals surface area contributed by atoms with Crippen molar-refractivity contribution in [2.24, 2.45) is 0 Å². The van der Waals surface area contributed by atoms with Crippen LogP contribution in [0.3, 0.4) is 0 Å². The van der Waals surface area contributed by atoms with Crippen molar-refractivity contribution < 1.29 is 14.3 Å². The lowest BCUT2D eigenvalue weighted by Gasteiger charge is -2.17. The number of carbonyl (C=O) groups is 2. The van der Waals surface area contributed by atoms with Crippen LogP contribution in [0, 0.1) is 0 Å². The van der Waals surface area contributed by atoms with Gasteiger partial charge >= 0.3 is 0 Å². The van der Waals surface area contributed by atoms with Gasteiger partial charge in [0.2, 0.25) is 11.8 Å². The Bertz CT molecular complexity index is 807. The predicted octanol–water partition coefficient (Wildman–Crippen LogP) is 3.70. The number of amides is 2. The summed E-state index contributed by atoms with van der Waals surface area (Å²) in [4.78, 5) is 23.3. The van der Waals surface area contributed by atoms with Gasteiger partial charge in [0.25, 0.3) is 0 Å². The molecule has 0 aromatic heterocycles. The molecule has 5 nitrogen and oxygen atoms in total. The number of nitrogens with one attached hydrogen (secondary N) is 2. The maximum Gasteiger partial charge on any atom is 0.224 e. The SMILES string of the molecule is O=C(CCCOc1ccc2c(c1)CCC(=O)N2)NCc1cccc(Cl)c1. The summed E-state index contributed by atoms with van der Waals surface area (Å²) in [5, 5.41) is 6.38. The van der Waals surface area contributed by atoms with Crippen LogP contribution in [0.15, 0.2) is 42.5 Å². The summed E-state index contributed by atoms with van der Waals surface area (Å²) >= 11 is 5.92. The van der Waals surface area contributed by atoms with E-state index in [0.717, 1.165) is 29.0 Å². The molecule has 6 heteroatoms. The van der Waals surface area contributed by atoms with E-state index >= 15 is 0 Å². The van der Waals surface area contributed by atoms with Crippen LogP contribution in [0.2, 0.25) is 5.02 Å². The van der Waals surface area contributed by atoms with Gasteiger partial charge in [0.1, 0.15) is 5.75 Å². The number of aryl methyl sites for hydroxylation is 1. The number of carbonyl (C=O) groups excluding carboxylic acids is 2. The standard InChI is InChI=1S/C20H21ClN2O3/c21-16-4-1-3-14(11-16)13-22-19(24)5-2-10-26-17-7-8-18-15(12-17)6-9-20(25)23-18/h1,3-4,7-8,11-12H,2,5-6,9-10,13H2,(H,22,24)(H,23,25). The van der Waals surface area contributed by atoms with Gasteiger partial charge in [-0.1, -0.05) is 23.7 Å². The smallest absolute Gasteiger partial charge is 0.224 e. The molecule has 0 radical (unpaired) electrons. The average molecular weight is 373 g/mol. The minimum Gasteiger partial charge on any atom is -0.494 e. The highest BCUT2D eigenvalue weighted by Gasteiger charge is 2.15. The lowest BCUT2D eigenvalue weighted by atomic mass is 10.0. The van der Waals surface area contributed by atoms with Gasteiger partial charge < -0.3 is 15.4 Å². The molecule has 1 aliphatic heterocycles. The zero-order chi connectivity index (χ0) is 18.4. The molecular formula is C20H21ClN2O3. The maximum absolute atomic E-state index is 11.9. The lowest BCUT2D eigenvalue weighted by molar-refractivity contribution is -0.121. The van der Waals surface area contributed by atoms with Crippen molar-refractivity contribution in [1.82, 2.24) is 5.32 Å². The topological polar surface area (TPSA) is 67.4 Å². The van der Waals surface area contributed by atoms with Crippen LogP contribution < -0.4 is 15.4 Å². The van der Waals surface area contributed by atoms with Crippen LogP contribution in [-0.2, 0) is 22.6 Å². The first-order chi connectivity index (χ1) is 12.6. The van der Waals surface area contributed by atoms with E-state index in [-0.39, 0.29) is 11.8 Å². The van der Waals surface area contributed by atoms with Crippen LogP contribution in [0.1, 0.15) is 30.4 Å². The number of ether oxygens (including phenoxy) is 1. The molecular weight excluding hydrogens is 352 g/mol. The molecule has 1 aliphatic rings.